The van der Waals surface area contributed by atoms with Gasteiger partial charge in [-0.05, 0) is 37.6 Å². The molecule has 0 spiro atoms. The van der Waals surface area contributed by atoms with Crippen molar-refractivity contribution in [2.45, 2.75) is 26.3 Å². The molecule has 4 heterocycles. The maximum Gasteiger partial charge on any atom is 0.291 e. The van der Waals surface area contributed by atoms with Gasteiger partial charge in [-0.2, -0.15) is 5.10 Å². The lowest BCUT2D eigenvalue weighted by Crippen LogP contribution is -2.51. The van der Waals surface area contributed by atoms with Gasteiger partial charge in [0.2, 0.25) is 5.91 Å². The third kappa shape index (κ3) is 3.35. The van der Waals surface area contributed by atoms with Crippen LogP contribution in [-0.4, -0.2) is 51.2 Å². The minimum atomic E-state index is -0.644. The molecule has 0 aliphatic carbocycles. The monoisotopic (exact) mass is 453 g/mol. The standard InChI is InChI=1S/C23H24ClN5O3/c1-3-18(22(30)27-11-9-26(10-12-27)17-6-4-16(24)5-7-17)29-23(31)20-14-21-19(8-13-32-21)28(20)15(2)25-29/h4-8,13-14,18H,3,9-12H2,1-2H3/t18-/m1/s1. The SMILES string of the molecule is CC[C@H](C(=O)N1CCN(c2ccc(Cl)cc2)CC1)n1nc(C)n2c(cc3occc32)c1=O. The highest BCUT2D eigenvalue weighted by Gasteiger charge is 2.30. The molecule has 1 aliphatic rings. The maximum absolute atomic E-state index is 13.4. The van der Waals surface area contributed by atoms with Crippen LogP contribution in [0.1, 0.15) is 25.2 Å². The summed E-state index contributed by atoms with van der Waals surface area (Å²) >= 11 is 5.99. The van der Waals surface area contributed by atoms with E-state index in [9.17, 15) is 9.59 Å². The van der Waals surface area contributed by atoms with E-state index in [1.54, 1.807) is 16.7 Å². The average Bonchev–Trinajstić information content (AvgIpc) is 3.40. The summed E-state index contributed by atoms with van der Waals surface area (Å²) in [5.41, 5.74) is 2.69. The van der Waals surface area contributed by atoms with Gasteiger partial charge in [-0.3, -0.25) is 14.0 Å². The summed E-state index contributed by atoms with van der Waals surface area (Å²) in [7, 11) is 0. The largest absolute Gasteiger partial charge is 0.463 e. The lowest BCUT2D eigenvalue weighted by Gasteiger charge is -2.37. The molecule has 8 nitrogen and oxygen atoms in total. The van der Waals surface area contributed by atoms with Crippen LogP contribution < -0.4 is 10.5 Å². The van der Waals surface area contributed by atoms with E-state index in [2.05, 4.69) is 10.00 Å². The van der Waals surface area contributed by atoms with Crippen LogP contribution in [0.3, 0.4) is 0 Å². The van der Waals surface area contributed by atoms with Crippen LogP contribution in [0.15, 0.2) is 51.9 Å². The van der Waals surface area contributed by atoms with E-state index in [1.807, 2.05) is 49.1 Å². The lowest BCUT2D eigenvalue weighted by atomic mass is 10.1. The molecule has 0 bridgehead atoms. The van der Waals surface area contributed by atoms with Crippen molar-refractivity contribution in [2.75, 3.05) is 31.1 Å². The smallest absolute Gasteiger partial charge is 0.291 e. The minimum Gasteiger partial charge on any atom is -0.463 e. The van der Waals surface area contributed by atoms with Crippen LogP contribution in [-0.2, 0) is 4.79 Å². The first kappa shape index (κ1) is 20.6. The fourth-order valence-electron chi connectivity index (χ4n) is 4.51. The summed E-state index contributed by atoms with van der Waals surface area (Å²) in [5, 5.41) is 5.22. The number of nitrogens with zero attached hydrogens (tertiary/aromatic N) is 5. The van der Waals surface area contributed by atoms with Gasteiger partial charge in [-0.25, -0.2) is 4.68 Å². The number of benzene rings is 1. The zero-order chi connectivity index (χ0) is 22.4. The molecular formula is C23H24ClN5O3. The molecule has 3 aromatic heterocycles. The van der Waals surface area contributed by atoms with Crippen LogP contribution in [0, 0.1) is 6.92 Å². The molecule has 1 amide bonds. The molecule has 0 N–H and O–H groups in total. The number of carbonyl (C=O) groups is 1. The number of hydrogen-bond acceptors (Lipinski definition) is 5. The zero-order valence-electron chi connectivity index (χ0n) is 18.0. The first-order valence-corrected chi connectivity index (χ1v) is 11.1. The van der Waals surface area contributed by atoms with Crippen molar-refractivity contribution >= 4 is 39.8 Å². The van der Waals surface area contributed by atoms with Gasteiger partial charge >= 0.3 is 0 Å². The van der Waals surface area contributed by atoms with Gasteiger partial charge in [0.15, 0.2) is 5.58 Å². The summed E-state index contributed by atoms with van der Waals surface area (Å²) in [6.07, 6.45) is 2.07. The molecule has 4 aromatic rings. The molecule has 1 saturated heterocycles. The minimum absolute atomic E-state index is 0.0724. The van der Waals surface area contributed by atoms with Crippen LogP contribution >= 0.6 is 11.6 Å². The summed E-state index contributed by atoms with van der Waals surface area (Å²) in [4.78, 5) is 30.7. The zero-order valence-corrected chi connectivity index (χ0v) is 18.7. The van der Waals surface area contributed by atoms with E-state index >= 15 is 0 Å². The molecule has 1 aromatic carbocycles. The quantitative estimate of drug-likeness (QED) is 0.472. The highest BCUT2D eigenvalue weighted by atomic mass is 35.5. The van der Waals surface area contributed by atoms with Gasteiger partial charge < -0.3 is 14.2 Å². The maximum atomic E-state index is 13.4. The molecule has 9 heteroatoms. The van der Waals surface area contributed by atoms with Gasteiger partial charge in [0.05, 0.1) is 11.8 Å². The van der Waals surface area contributed by atoms with Crippen molar-refractivity contribution in [3.8, 4) is 0 Å². The second kappa shape index (κ2) is 8.02. The normalized spacial score (nSPS) is 15.6. The summed E-state index contributed by atoms with van der Waals surface area (Å²) in [6, 6.07) is 10.6. The van der Waals surface area contributed by atoms with Crippen molar-refractivity contribution in [1.82, 2.24) is 19.1 Å². The number of carbonyl (C=O) groups excluding carboxylic acids is 1. The Morgan fingerprint density at radius 1 is 1.12 bits per heavy atom. The molecule has 1 atom stereocenters. The Morgan fingerprint density at radius 3 is 2.53 bits per heavy atom. The van der Waals surface area contributed by atoms with Crippen molar-refractivity contribution < 1.29 is 9.21 Å². The van der Waals surface area contributed by atoms with Gasteiger partial charge in [0.25, 0.3) is 5.56 Å². The number of anilines is 1. The Balaban J connectivity index is 1.40. The Bertz CT molecular complexity index is 1350. The van der Waals surface area contributed by atoms with Crippen LogP contribution in [0.5, 0.6) is 0 Å². The average molecular weight is 454 g/mol. The van der Waals surface area contributed by atoms with Gasteiger partial charge in [0.1, 0.15) is 17.4 Å². The number of aryl methyl sites for hydroxylation is 1. The number of aromatic nitrogens is 3. The first-order valence-electron chi connectivity index (χ1n) is 10.8. The van der Waals surface area contributed by atoms with Crippen molar-refractivity contribution in [2.24, 2.45) is 0 Å². The number of furan rings is 1. The molecule has 32 heavy (non-hydrogen) atoms. The van der Waals surface area contributed by atoms with E-state index in [0.717, 1.165) is 24.3 Å². The van der Waals surface area contributed by atoms with Crippen molar-refractivity contribution in [3.05, 3.63) is 63.9 Å². The number of rotatable bonds is 4. The Kier molecular flexibility index (Phi) is 5.17. The fraction of sp³-hybridized carbons (Fsp3) is 0.348. The topological polar surface area (TPSA) is 76.0 Å². The number of piperazine rings is 1. The number of amides is 1. The van der Waals surface area contributed by atoms with Crippen molar-refractivity contribution in [1.29, 1.82) is 0 Å². The number of fused-ring (bicyclic) bond motifs is 3. The summed E-state index contributed by atoms with van der Waals surface area (Å²) < 4.78 is 8.57. The molecule has 1 fully saturated rings. The van der Waals surface area contributed by atoms with Gasteiger partial charge in [-0.15, -0.1) is 0 Å². The number of hydrogen-bond donors (Lipinski definition) is 0. The van der Waals surface area contributed by atoms with Crippen molar-refractivity contribution in [3.63, 3.8) is 0 Å². The Labute approximate surface area is 189 Å². The molecule has 0 saturated carbocycles. The predicted molar refractivity (Wildman–Crippen MR) is 124 cm³/mol. The summed E-state index contributed by atoms with van der Waals surface area (Å²) in [5.74, 6) is 0.562. The number of halogens is 1. The molecule has 166 valence electrons. The highest BCUT2D eigenvalue weighted by molar-refractivity contribution is 6.30. The molecule has 5 rings (SSSR count). The van der Waals surface area contributed by atoms with E-state index in [1.165, 1.54) is 4.68 Å². The van der Waals surface area contributed by atoms with Gasteiger partial charge in [0, 0.05) is 49.0 Å². The lowest BCUT2D eigenvalue weighted by molar-refractivity contribution is -0.135. The predicted octanol–water partition coefficient (Wildman–Crippen LogP) is 3.50. The van der Waals surface area contributed by atoms with E-state index < -0.39 is 6.04 Å². The molecular weight excluding hydrogens is 430 g/mol. The van der Waals surface area contributed by atoms with Gasteiger partial charge in [-0.1, -0.05) is 18.5 Å². The molecule has 1 aliphatic heterocycles. The third-order valence-electron chi connectivity index (χ3n) is 6.18. The van der Waals surface area contributed by atoms with Crippen LogP contribution in [0.4, 0.5) is 5.69 Å². The van der Waals surface area contributed by atoms with E-state index in [0.29, 0.717) is 41.5 Å². The molecule has 0 radical (unpaired) electrons. The van der Waals surface area contributed by atoms with Crippen LogP contribution in [0.25, 0.3) is 16.6 Å². The van der Waals surface area contributed by atoms with Crippen LogP contribution in [0.2, 0.25) is 5.02 Å². The summed E-state index contributed by atoms with van der Waals surface area (Å²) in [6.45, 7) is 6.36. The van der Waals surface area contributed by atoms with E-state index in [-0.39, 0.29) is 11.5 Å². The van der Waals surface area contributed by atoms with E-state index in [4.69, 9.17) is 16.0 Å². The second-order valence-corrected chi connectivity index (χ2v) is 8.48. The Hall–Kier alpha value is -3.26. The fourth-order valence-corrected chi connectivity index (χ4v) is 4.63. The second-order valence-electron chi connectivity index (χ2n) is 8.04. The Morgan fingerprint density at radius 2 is 1.84 bits per heavy atom. The highest BCUT2D eigenvalue weighted by Crippen LogP contribution is 2.23. The first-order chi connectivity index (χ1) is 15.5. The molecule has 0 unspecified atom stereocenters. The third-order valence-corrected chi connectivity index (χ3v) is 6.43.